The van der Waals surface area contributed by atoms with Crippen LogP contribution in [0.4, 0.5) is 11.5 Å². The largest absolute Gasteiger partial charge is 0.478 e. The van der Waals surface area contributed by atoms with Gasteiger partial charge < -0.3 is 14.7 Å². The standard InChI is InChI=1S/C15H17N3O3/c1-3-8-21-14-9-13(16-10-17-14)18(2)12-6-4-11(5-7-12)15(19)20/h4-7,9-10H,3,8H2,1-2H3,(H,19,20). The monoisotopic (exact) mass is 287 g/mol. The smallest absolute Gasteiger partial charge is 0.335 e. The summed E-state index contributed by atoms with van der Waals surface area (Å²) in [7, 11) is 1.85. The van der Waals surface area contributed by atoms with Crippen LogP contribution in [0.25, 0.3) is 0 Å². The van der Waals surface area contributed by atoms with Gasteiger partial charge in [-0.1, -0.05) is 6.92 Å². The predicted octanol–water partition coefficient (Wildman–Crippen LogP) is 2.73. The maximum Gasteiger partial charge on any atom is 0.335 e. The lowest BCUT2D eigenvalue weighted by molar-refractivity contribution is 0.0697. The lowest BCUT2D eigenvalue weighted by Crippen LogP contribution is -2.12. The molecule has 6 nitrogen and oxygen atoms in total. The Kier molecular flexibility index (Phi) is 4.71. The average molecular weight is 287 g/mol. The van der Waals surface area contributed by atoms with E-state index in [4.69, 9.17) is 9.84 Å². The summed E-state index contributed by atoms with van der Waals surface area (Å²) in [6.07, 6.45) is 2.36. The third kappa shape index (κ3) is 3.68. The molecule has 0 atom stereocenters. The molecule has 0 aliphatic carbocycles. The highest BCUT2D eigenvalue weighted by molar-refractivity contribution is 5.88. The molecule has 0 fully saturated rings. The Morgan fingerprint density at radius 1 is 1.29 bits per heavy atom. The summed E-state index contributed by atoms with van der Waals surface area (Å²) < 4.78 is 5.48. The van der Waals surface area contributed by atoms with E-state index in [0.29, 0.717) is 18.3 Å². The zero-order chi connectivity index (χ0) is 15.2. The molecule has 1 aromatic heterocycles. The molecule has 1 N–H and O–H groups in total. The maximum atomic E-state index is 10.8. The van der Waals surface area contributed by atoms with Gasteiger partial charge in [-0.15, -0.1) is 0 Å². The highest BCUT2D eigenvalue weighted by Gasteiger charge is 2.09. The quantitative estimate of drug-likeness (QED) is 0.880. The van der Waals surface area contributed by atoms with Gasteiger partial charge in [0, 0.05) is 18.8 Å². The van der Waals surface area contributed by atoms with Gasteiger partial charge in [0.15, 0.2) is 0 Å². The SMILES string of the molecule is CCCOc1cc(N(C)c2ccc(C(=O)O)cc2)ncn1. The predicted molar refractivity (Wildman–Crippen MR) is 79.3 cm³/mol. The van der Waals surface area contributed by atoms with Crippen molar-refractivity contribution in [3.8, 4) is 5.88 Å². The van der Waals surface area contributed by atoms with E-state index >= 15 is 0 Å². The van der Waals surface area contributed by atoms with E-state index in [1.165, 1.54) is 6.33 Å². The normalized spacial score (nSPS) is 10.2. The third-order valence-electron chi connectivity index (χ3n) is 2.93. The Hall–Kier alpha value is -2.63. The van der Waals surface area contributed by atoms with E-state index in [0.717, 1.165) is 12.1 Å². The van der Waals surface area contributed by atoms with Gasteiger partial charge in [0.1, 0.15) is 12.1 Å². The molecule has 2 rings (SSSR count). The number of ether oxygens (including phenoxy) is 1. The molecule has 0 spiro atoms. The highest BCUT2D eigenvalue weighted by atomic mass is 16.5. The minimum Gasteiger partial charge on any atom is -0.478 e. The van der Waals surface area contributed by atoms with E-state index in [2.05, 4.69) is 9.97 Å². The van der Waals surface area contributed by atoms with Crippen LogP contribution in [-0.2, 0) is 0 Å². The number of anilines is 2. The number of carbonyl (C=O) groups is 1. The van der Waals surface area contributed by atoms with Crippen molar-refractivity contribution in [2.45, 2.75) is 13.3 Å². The first kappa shape index (κ1) is 14.8. The number of nitrogens with zero attached hydrogens (tertiary/aromatic N) is 3. The van der Waals surface area contributed by atoms with Crippen molar-refractivity contribution >= 4 is 17.5 Å². The van der Waals surface area contributed by atoms with E-state index in [1.807, 2.05) is 18.9 Å². The van der Waals surface area contributed by atoms with Gasteiger partial charge in [-0.05, 0) is 30.7 Å². The molecule has 0 bridgehead atoms. The first-order chi connectivity index (χ1) is 10.1. The molecule has 0 unspecified atom stereocenters. The third-order valence-corrected chi connectivity index (χ3v) is 2.93. The molecule has 0 aliphatic rings. The number of hydrogen-bond donors (Lipinski definition) is 1. The first-order valence-electron chi connectivity index (χ1n) is 6.63. The zero-order valence-electron chi connectivity index (χ0n) is 12.0. The lowest BCUT2D eigenvalue weighted by Gasteiger charge is -2.18. The van der Waals surface area contributed by atoms with Gasteiger partial charge in [-0.2, -0.15) is 0 Å². The van der Waals surface area contributed by atoms with E-state index in [-0.39, 0.29) is 5.56 Å². The van der Waals surface area contributed by atoms with Crippen LogP contribution in [0.3, 0.4) is 0 Å². The van der Waals surface area contributed by atoms with Crippen molar-refractivity contribution in [2.75, 3.05) is 18.6 Å². The fraction of sp³-hybridized carbons (Fsp3) is 0.267. The molecule has 0 amide bonds. The number of carboxylic acids is 1. The molecule has 0 saturated carbocycles. The van der Waals surface area contributed by atoms with Gasteiger partial charge >= 0.3 is 5.97 Å². The van der Waals surface area contributed by atoms with Gasteiger partial charge in [0.25, 0.3) is 0 Å². The summed E-state index contributed by atoms with van der Waals surface area (Å²) in [5.41, 5.74) is 1.09. The average Bonchev–Trinajstić information content (AvgIpc) is 2.52. The van der Waals surface area contributed by atoms with Gasteiger partial charge in [0.05, 0.1) is 12.2 Å². The Balaban J connectivity index is 2.18. The zero-order valence-corrected chi connectivity index (χ0v) is 12.0. The van der Waals surface area contributed by atoms with Crippen LogP contribution in [0.2, 0.25) is 0 Å². The van der Waals surface area contributed by atoms with Crippen molar-refractivity contribution in [1.82, 2.24) is 9.97 Å². The van der Waals surface area contributed by atoms with Gasteiger partial charge in [0.2, 0.25) is 5.88 Å². The summed E-state index contributed by atoms with van der Waals surface area (Å²) in [6.45, 7) is 2.63. The van der Waals surface area contributed by atoms with Crippen LogP contribution in [0.5, 0.6) is 5.88 Å². The van der Waals surface area contributed by atoms with Crippen LogP contribution < -0.4 is 9.64 Å². The van der Waals surface area contributed by atoms with Crippen LogP contribution >= 0.6 is 0 Å². The first-order valence-corrected chi connectivity index (χ1v) is 6.63. The molecule has 1 heterocycles. The Morgan fingerprint density at radius 2 is 2.00 bits per heavy atom. The molecule has 110 valence electrons. The van der Waals surface area contributed by atoms with Crippen molar-refractivity contribution in [3.63, 3.8) is 0 Å². The summed E-state index contributed by atoms with van der Waals surface area (Å²) >= 11 is 0. The Labute approximate surface area is 123 Å². The fourth-order valence-corrected chi connectivity index (χ4v) is 1.76. The molecule has 21 heavy (non-hydrogen) atoms. The number of carboxylic acid groups (broad SMARTS) is 1. The molecule has 0 saturated heterocycles. The van der Waals surface area contributed by atoms with Crippen LogP contribution in [-0.4, -0.2) is 34.7 Å². The number of aromatic carboxylic acids is 1. The molecule has 0 aliphatic heterocycles. The van der Waals surface area contributed by atoms with Crippen LogP contribution in [0.15, 0.2) is 36.7 Å². The topological polar surface area (TPSA) is 75.5 Å². The highest BCUT2D eigenvalue weighted by Crippen LogP contribution is 2.23. The van der Waals surface area contributed by atoms with Crippen LogP contribution in [0.1, 0.15) is 23.7 Å². The lowest BCUT2D eigenvalue weighted by atomic mass is 10.2. The van der Waals surface area contributed by atoms with Gasteiger partial charge in [-0.3, -0.25) is 0 Å². The molecular formula is C15H17N3O3. The number of rotatable bonds is 6. The van der Waals surface area contributed by atoms with E-state index < -0.39 is 5.97 Å². The number of hydrogen-bond acceptors (Lipinski definition) is 5. The summed E-state index contributed by atoms with van der Waals surface area (Å²) in [5.74, 6) is 0.261. The van der Waals surface area contributed by atoms with Crippen molar-refractivity contribution in [2.24, 2.45) is 0 Å². The second-order valence-corrected chi connectivity index (χ2v) is 4.47. The summed E-state index contributed by atoms with van der Waals surface area (Å²) in [6, 6.07) is 8.34. The summed E-state index contributed by atoms with van der Waals surface area (Å²) in [5, 5.41) is 8.90. The summed E-state index contributed by atoms with van der Waals surface area (Å²) in [4.78, 5) is 20.9. The van der Waals surface area contributed by atoms with Gasteiger partial charge in [-0.25, -0.2) is 14.8 Å². The molecular weight excluding hydrogens is 270 g/mol. The minimum absolute atomic E-state index is 0.252. The molecule has 2 aromatic rings. The van der Waals surface area contributed by atoms with Crippen LogP contribution in [0, 0.1) is 0 Å². The second-order valence-electron chi connectivity index (χ2n) is 4.47. The second kappa shape index (κ2) is 6.69. The number of benzene rings is 1. The minimum atomic E-state index is -0.943. The Bertz CT molecular complexity index is 614. The molecule has 1 aromatic carbocycles. The Morgan fingerprint density at radius 3 is 2.62 bits per heavy atom. The fourth-order valence-electron chi connectivity index (χ4n) is 1.76. The molecule has 0 radical (unpaired) electrons. The van der Waals surface area contributed by atoms with Crippen molar-refractivity contribution in [1.29, 1.82) is 0 Å². The van der Waals surface area contributed by atoms with Crippen molar-refractivity contribution in [3.05, 3.63) is 42.2 Å². The molecule has 6 heteroatoms. The number of aromatic nitrogens is 2. The van der Waals surface area contributed by atoms with E-state index in [1.54, 1.807) is 30.3 Å². The van der Waals surface area contributed by atoms with Crippen molar-refractivity contribution < 1.29 is 14.6 Å². The van der Waals surface area contributed by atoms with E-state index in [9.17, 15) is 4.79 Å². The maximum absolute atomic E-state index is 10.8.